The molecule has 2 aromatic carbocycles. The van der Waals surface area contributed by atoms with E-state index < -0.39 is 18.4 Å². The molecule has 4 heterocycles. The summed E-state index contributed by atoms with van der Waals surface area (Å²) in [7, 11) is 1.55. The zero-order valence-electron chi connectivity index (χ0n) is 25.3. The molecule has 3 N–H and O–H groups in total. The Morgan fingerprint density at radius 1 is 0.933 bits per heavy atom. The minimum atomic E-state index is -1.42. The van der Waals surface area contributed by atoms with Crippen LogP contribution in [0, 0.1) is 0 Å². The quantitative estimate of drug-likeness (QED) is 0.280. The minimum absolute atomic E-state index is 0.0388. The number of carbonyl (C=O) groups is 3. The first kappa shape index (κ1) is 30.3. The molecule has 0 saturated carbocycles. The van der Waals surface area contributed by atoms with Gasteiger partial charge in [0, 0.05) is 31.8 Å². The molecule has 4 aliphatic heterocycles. The van der Waals surface area contributed by atoms with Crippen LogP contribution in [0.2, 0.25) is 0 Å². The molecule has 2 saturated heterocycles. The Balaban J connectivity index is 1.02. The zero-order valence-corrected chi connectivity index (χ0v) is 25.3. The number of hydrogen-bond acceptors (Lipinski definition) is 8. The number of fused-ring (bicyclic) bond motifs is 4. The predicted octanol–water partition coefficient (Wildman–Crippen LogP) is 4.11. The molecular formula is C33H38N4O8. The largest absolute Gasteiger partial charge is 0.494 e. The summed E-state index contributed by atoms with van der Waals surface area (Å²) < 4.78 is 17.5. The van der Waals surface area contributed by atoms with Crippen LogP contribution in [0.5, 0.6) is 17.2 Å². The van der Waals surface area contributed by atoms with Crippen LogP contribution in [0.1, 0.15) is 52.8 Å². The van der Waals surface area contributed by atoms with Crippen LogP contribution in [0.15, 0.2) is 54.6 Å². The lowest BCUT2D eigenvalue weighted by Crippen LogP contribution is -2.50. The third kappa shape index (κ3) is 5.77. The lowest BCUT2D eigenvalue weighted by molar-refractivity contribution is 0.0511. The van der Waals surface area contributed by atoms with Crippen molar-refractivity contribution in [3.8, 4) is 17.2 Å². The van der Waals surface area contributed by atoms with Gasteiger partial charge in [-0.05, 0) is 50.3 Å². The number of anilines is 2. The smallest absolute Gasteiger partial charge is 0.414 e. The monoisotopic (exact) mass is 618 g/mol. The average molecular weight is 619 g/mol. The number of unbranched alkanes of at least 4 members (excludes halogenated alkanes) is 2. The second-order valence-corrected chi connectivity index (χ2v) is 11.9. The highest BCUT2D eigenvalue weighted by Crippen LogP contribution is 2.39. The van der Waals surface area contributed by atoms with Gasteiger partial charge < -0.3 is 39.5 Å². The van der Waals surface area contributed by atoms with E-state index in [2.05, 4.69) is 18.5 Å². The van der Waals surface area contributed by atoms with Crippen LogP contribution in [-0.4, -0.2) is 96.2 Å². The van der Waals surface area contributed by atoms with E-state index in [1.54, 1.807) is 25.3 Å². The number of nitrogens with zero attached hydrogens (tertiary/aromatic N) is 3. The van der Waals surface area contributed by atoms with Crippen LogP contribution in [0.3, 0.4) is 0 Å². The van der Waals surface area contributed by atoms with E-state index in [1.165, 1.54) is 11.0 Å². The summed E-state index contributed by atoms with van der Waals surface area (Å²) in [4.78, 5) is 42.7. The van der Waals surface area contributed by atoms with Gasteiger partial charge in [0.1, 0.15) is 5.75 Å². The molecule has 2 aromatic rings. The number of benzene rings is 2. The standard InChI is InChI=1S/C33H38N4O8/c1-19-11-21-16-34-25-15-29(28(43-3)14-24(25)31(39)35(21)17-19)45-10-6-4-5-9-44-22-7-8-23-26(13-22)37(33(41)42)32(40)27-12-20(2)18-36(27)30(23)38/h7-8,13-15,21,27,32,34,40H,1-2,4-6,9-12,16-18H2,3H3,(H,41,42)/t21-,27-,32-/m0/s1. The summed E-state index contributed by atoms with van der Waals surface area (Å²) in [6.45, 7) is 10.3. The summed E-state index contributed by atoms with van der Waals surface area (Å²) in [5.41, 5.74) is 3.40. The van der Waals surface area contributed by atoms with E-state index in [9.17, 15) is 24.6 Å². The highest BCUT2D eigenvalue weighted by atomic mass is 16.5. The van der Waals surface area contributed by atoms with Crippen LogP contribution >= 0.6 is 0 Å². The molecule has 0 radical (unpaired) electrons. The third-order valence-electron chi connectivity index (χ3n) is 8.82. The van der Waals surface area contributed by atoms with Gasteiger partial charge in [0.05, 0.1) is 54.9 Å². The highest BCUT2D eigenvalue weighted by molar-refractivity contribution is 6.05. The lowest BCUT2D eigenvalue weighted by Gasteiger charge is -2.30. The molecular weight excluding hydrogens is 580 g/mol. The number of carbonyl (C=O) groups excluding carboxylic acids is 2. The van der Waals surface area contributed by atoms with Crippen molar-refractivity contribution in [1.82, 2.24) is 9.80 Å². The number of ether oxygens (including phenoxy) is 3. The van der Waals surface area contributed by atoms with Crippen molar-refractivity contribution in [2.45, 2.75) is 50.4 Å². The number of methoxy groups -OCH3 is 1. The topological polar surface area (TPSA) is 141 Å². The van der Waals surface area contributed by atoms with Crippen LogP contribution in [0.4, 0.5) is 16.2 Å². The second kappa shape index (κ2) is 12.4. The number of carboxylic acid groups (broad SMARTS) is 1. The van der Waals surface area contributed by atoms with E-state index >= 15 is 0 Å². The fraction of sp³-hybridized carbons (Fsp3) is 0.424. The average Bonchev–Trinajstić information content (AvgIpc) is 3.55. The van der Waals surface area contributed by atoms with Crippen LogP contribution in [0.25, 0.3) is 0 Å². The van der Waals surface area contributed by atoms with E-state index in [0.29, 0.717) is 62.0 Å². The van der Waals surface area contributed by atoms with Gasteiger partial charge in [-0.25, -0.2) is 9.69 Å². The summed E-state index contributed by atoms with van der Waals surface area (Å²) in [5, 5.41) is 24.2. The predicted molar refractivity (Wildman–Crippen MR) is 166 cm³/mol. The molecule has 2 fully saturated rings. The number of aliphatic hydroxyl groups is 1. The molecule has 3 amide bonds. The summed E-state index contributed by atoms with van der Waals surface area (Å²) in [6.07, 6.45) is 0.611. The van der Waals surface area contributed by atoms with Gasteiger partial charge in [0.25, 0.3) is 11.8 Å². The molecule has 4 aliphatic rings. The molecule has 12 nitrogen and oxygen atoms in total. The maximum Gasteiger partial charge on any atom is 0.414 e. The van der Waals surface area contributed by atoms with Crippen molar-refractivity contribution in [3.05, 3.63) is 65.8 Å². The van der Waals surface area contributed by atoms with Gasteiger partial charge in [-0.2, -0.15) is 0 Å². The molecule has 0 aromatic heterocycles. The maximum atomic E-state index is 13.2. The van der Waals surface area contributed by atoms with Gasteiger partial charge >= 0.3 is 6.09 Å². The summed E-state index contributed by atoms with van der Waals surface area (Å²) in [6, 6.07) is 7.64. The first-order chi connectivity index (χ1) is 21.7. The minimum Gasteiger partial charge on any atom is -0.494 e. The Labute approximate surface area is 261 Å². The molecule has 0 bridgehead atoms. The Bertz CT molecular complexity index is 1560. The first-order valence-corrected chi connectivity index (χ1v) is 15.2. The van der Waals surface area contributed by atoms with E-state index in [4.69, 9.17) is 14.2 Å². The molecule has 238 valence electrons. The molecule has 0 unspecified atom stereocenters. The molecule has 12 heteroatoms. The van der Waals surface area contributed by atoms with Crippen LogP contribution in [-0.2, 0) is 0 Å². The SMILES string of the molecule is C=C1C[C@H]2CNc3cc(OCCCCCOc4ccc5c(c4)N(C(=O)O)[C@@H](O)[C@@H]4CC(=C)CN4C5=O)c(OC)cc3C(=O)N2C1. The second-order valence-electron chi connectivity index (χ2n) is 11.9. The highest BCUT2D eigenvalue weighted by Gasteiger charge is 2.45. The Hall–Kier alpha value is -4.71. The maximum absolute atomic E-state index is 13.2. The molecule has 0 aliphatic carbocycles. The lowest BCUT2D eigenvalue weighted by atomic mass is 10.1. The zero-order chi connectivity index (χ0) is 31.8. The number of aliphatic hydroxyl groups excluding tert-OH is 1. The van der Waals surface area contributed by atoms with E-state index in [-0.39, 0.29) is 35.7 Å². The summed E-state index contributed by atoms with van der Waals surface area (Å²) >= 11 is 0. The molecule has 3 atom stereocenters. The van der Waals surface area contributed by atoms with Gasteiger partial charge in [-0.3, -0.25) is 9.59 Å². The van der Waals surface area contributed by atoms with Crippen molar-refractivity contribution < 1.29 is 38.8 Å². The Kier molecular flexibility index (Phi) is 8.32. The first-order valence-electron chi connectivity index (χ1n) is 15.2. The van der Waals surface area contributed by atoms with Crippen molar-refractivity contribution >= 4 is 29.3 Å². The van der Waals surface area contributed by atoms with Gasteiger partial charge in [-0.15, -0.1) is 0 Å². The number of rotatable bonds is 9. The van der Waals surface area contributed by atoms with Crippen molar-refractivity contribution in [1.29, 1.82) is 0 Å². The van der Waals surface area contributed by atoms with Gasteiger partial charge in [0.2, 0.25) is 0 Å². The number of hydrogen-bond donors (Lipinski definition) is 3. The van der Waals surface area contributed by atoms with Crippen molar-refractivity contribution in [2.75, 3.05) is 50.2 Å². The van der Waals surface area contributed by atoms with Crippen LogP contribution < -0.4 is 24.4 Å². The fourth-order valence-corrected chi connectivity index (χ4v) is 6.57. The summed E-state index contributed by atoms with van der Waals surface area (Å²) in [5.74, 6) is 1.08. The third-order valence-corrected chi connectivity index (χ3v) is 8.82. The normalized spacial score (nSPS) is 22.2. The molecule has 45 heavy (non-hydrogen) atoms. The fourth-order valence-electron chi connectivity index (χ4n) is 6.57. The molecule has 0 spiro atoms. The van der Waals surface area contributed by atoms with Crippen molar-refractivity contribution in [2.24, 2.45) is 0 Å². The number of amides is 3. The molecule has 6 rings (SSSR count). The Morgan fingerprint density at radius 3 is 2.40 bits per heavy atom. The van der Waals surface area contributed by atoms with E-state index in [1.807, 2.05) is 11.0 Å². The van der Waals surface area contributed by atoms with Gasteiger partial charge in [-0.1, -0.05) is 24.3 Å². The van der Waals surface area contributed by atoms with E-state index in [0.717, 1.165) is 41.0 Å². The number of nitrogens with one attached hydrogen (secondary N) is 1. The van der Waals surface area contributed by atoms with Gasteiger partial charge in [0.15, 0.2) is 17.7 Å². The van der Waals surface area contributed by atoms with Crippen molar-refractivity contribution in [3.63, 3.8) is 0 Å². The Morgan fingerprint density at radius 2 is 1.64 bits per heavy atom.